The predicted octanol–water partition coefficient (Wildman–Crippen LogP) is 3.44. The highest BCUT2D eigenvalue weighted by molar-refractivity contribution is 7.07. The Kier molecular flexibility index (Phi) is 8.42. The summed E-state index contributed by atoms with van der Waals surface area (Å²) in [6.07, 6.45) is 3.83. The number of piperidine rings is 1. The molecule has 2 rings (SSSR count). The lowest BCUT2D eigenvalue weighted by atomic mass is 9.98. The first-order chi connectivity index (χ1) is 12.6. The summed E-state index contributed by atoms with van der Waals surface area (Å²) in [5.74, 6) is 1.84. The van der Waals surface area contributed by atoms with Gasteiger partial charge in [0.25, 0.3) is 0 Å². The predicted molar refractivity (Wildman–Crippen MR) is 111 cm³/mol. The molecule has 0 aliphatic carbocycles. The van der Waals surface area contributed by atoms with E-state index in [-0.39, 0.29) is 5.92 Å². The summed E-state index contributed by atoms with van der Waals surface area (Å²) in [4.78, 5) is 18.9. The first-order valence-electron chi connectivity index (χ1n) is 9.87. The van der Waals surface area contributed by atoms with E-state index in [1.54, 1.807) is 11.3 Å². The molecule has 0 radical (unpaired) electrons. The summed E-state index contributed by atoms with van der Waals surface area (Å²) in [6.45, 7) is 8.98. The molecule has 1 atom stereocenters. The summed E-state index contributed by atoms with van der Waals surface area (Å²) >= 11 is 1.74. The minimum atomic E-state index is 0.188. The van der Waals surface area contributed by atoms with Crippen LogP contribution in [0.15, 0.2) is 21.8 Å². The lowest BCUT2D eigenvalue weighted by molar-refractivity contribution is -0.136. The number of nitrogens with one attached hydrogen (secondary N) is 2. The molecule has 146 valence electrons. The normalized spacial score (nSPS) is 17.4. The van der Waals surface area contributed by atoms with E-state index in [1.807, 2.05) is 11.9 Å². The second-order valence-electron chi connectivity index (χ2n) is 7.17. The summed E-state index contributed by atoms with van der Waals surface area (Å²) < 4.78 is 0. The number of hydrogen-bond acceptors (Lipinski definition) is 3. The number of hydrogen-bond donors (Lipinski definition) is 2. The highest BCUT2D eigenvalue weighted by Crippen LogP contribution is 2.18. The van der Waals surface area contributed by atoms with Crippen LogP contribution >= 0.6 is 11.3 Å². The summed E-state index contributed by atoms with van der Waals surface area (Å²) in [7, 11) is 1.82. The largest absolute Gasteiger partial charge is 0.356 e. The fraction of sp³-hybridized carbons (Fsp3) is 0.700. The number of carbonyl (C=O) groups is 1. The molecule has 1 saturated heterocycles. The van der Waals surface area contributed by atoms with Gasteiger partial charge in [-0.25, -0.2) is 0 Å². The average molecular weight is 379 g/mol. The van der Waals surface area contributed by atoms with Gasteiger partial charge in [0.15, 0.2) is 5.96 Å². The van der Waals surface area contributed by atoms with Crippen LogP contribution in [-0.2, 0) is 4.79 Å². The highest BCUT2D eigenvalue weighted by atomic mass is 32.1. The maximum Gasteiger partial charge on any atom is 0.225 e. The number of carbonyl (C=O) groups excluding carboxylic acids is 1. The van der Waals surface area contributed by atoms with Gasteiger partial charge in [-0.2, -0.15) is 11.3 Å². The molecule has 2 heterocycles. The Hall–Kier alpha value is -1.56. The zero-order chi connectivity index (χ0) is 18.9. The Morgan fingerprint density at radius 2 is 2.04 bits per heavy atom. The van der Waals surface area contributed by atoms with Crippen molar-refractivity contribution < 1.29 is 4.79 Å². The van der Waals surface area contributed by atoms with Crippen LogP contribution in [0.1, 0.15) is 57.9 Å². The average Bonchev–Trinajstić information content (AvgIpc) is 3.21. The standard InChI is InChI=1S/C20H34N4OS/c1-5-16(6-2)19(25)24-10-7-18(8-11-24)23-20(21-4)22-13-15(3)17-9-12-26-14-17/h9,12,14-16,18H,5-8,10-11,13H2,1-4H3,(H2,21,22,23). The minimum absolute atomic E-state index is 0.188. The van der Waals surface area contributed by atoms with E-state index in [0.717, 1.165) is 51.3 Å². The molecule has 6 heteroatoms. The van der Waals surface area contributed by atoms with Crippen molar-refractivity contribution in [3.8, 4) is 0 Å². The van der Waals surface area contributed by atoms with Gasteiger partial charge in [-0.15, -0.1) is 0 Å². The topological polar surface area (TPSA) is 56.7 Å². The molecular formula is C20H34N4OS. The van der Waals surface area contributed by atoms with Crippen molar-refractivity contribution in [2.24, 2.45) is 10.9 Å². The van der Waals surface area contributed by atoms with Gasteiger partial charge in [0.05, 0.1) is 0 Å². The molecule has 1 aromatic rings. The van der Waals surface area contributed by atoms with Gasteiger partial charge in [0.1, 0.15) is 0 Å². The summed E-state index contributed by atoms with van der Waals surface area (Å²) in [5, 5.41) is 11.3. The van der Waals surface area contributed by atoms with Crippen LogP contribution in [0.25, 0.3) is 0 Å². The van der Waals surface area contributed by atoms with Crippen molar-refractivity contribution in [2.45, 2.75) is 58.4 Å². The summed E-state index contributed by atoms with van der Waals surface area (Å²) in [5.41, 5.74) is 1.37. The Morgan fingerprint density at radius 1 is 1.35 bits per heavy atom. The second kappa shape index (κ2) is 10.6. The van der Waals surface area contributed by atoms with Crippen molar-refractivity contribution >= 4 is 23.2 Å². The summed E-state index contributed by atoms with van der Waals surface area (Å²) in [6, 6.07) is 2.56. The van der Waals surface area contributed by atoms with Crippen molar-refractivity contribution in [3.63, 3.8) is 0 Å². The fourth-order valence-corrected chi connectivity index (χ4v) is 4.23. The van der Waals surface area contributed by atoms with E-state index < -0.39 is 0 Å². The molecule has 0 saturated carbocycles. The monoisotopic (exact) mass is 378 g/mol. The highest BCUT2D eigenvalue weighted by Gasteiger charge is 2.26. The maximum absolute atomic E-state index is 12.5. The first kappa shape index (κ1) is 20.7. The van der Waals surface area contributed by atoms with Gasteiger partial charge in [-0.1, -0.05) is 20.8 Å². The van der Waals surface area contributed by atoms with Gasteiger partial charge >= 0.3 is 0 Å². The smallest absolute Gasteiger partial charge is 0.225 e. The van der Waals surface area contributed by atoms with Gasteiger partial charge < -0.3 is 15.5 Å². The Morgan fingerprint density at radius 3 is 2.58 bits per heavy atom. The van der Waals surface area contributed by atoms with E-state index in [4.69, 9.17) is 0 Å². The molecule has 0 spiro atoms. The second-order valence-corrected chi connectivity index (χ2v) is 7.95. The van der Waals surface area contributed by atoms with Crippen LogP contribution in [0.3, 0.4) is 0 Å². The third-order valence-electron chi connectivity index (χ3n) is 5.39. The maximum atomic E-state index is 12.5. The van der Waals surface area contributed by atoms with Crippen LogP contribution in [0.5, 0.6) is 0 Å². The quantitative estimate of drug-likeness (QED) is 0.564. The molecule has 0 aromatic carbocycles. The van der Waals surface area contributed by atoms with Gasteiger partial charge in [0.2, 0.25) is 5.91 Å². The van der Waals surface area contributed by atoms with E-state index in [1.165, 1.54) is 5.56 Å². The number of rotatable bonds is 7. The Bertz CT molecular complexity index is 560. The zero-order valence-electron chi connectivity index (χ0n) is 16.6. The van der Waals surface area contributed by atoms with Gasteiger partial charge in [-0.3, -0.25) is 9.79 Å². The number of thiophene rings is 1. The SMILES string of the molecule is CCC(CC)C(=O)N1CCC(NC(=NC)NCC(C)c2ccsc2)CC1. The van der Waals surface area contributed by atoms with Crippen molar-refractivity contribution in [2.75, 3.05) is 26.7 Å². The molecule has 1 aliphatic rings. The third kappa shape index (κ3) is 5.73. The van der Waals surface area contributed by atoms with Crippen LogP contribution in [0.2, 0.25) is 0 Å². The molecule has 1 aliphatic heterocycles. The lowest BCUT2D eigenvalue weighted by Crippen LogP contribution is -2.51. The Balaban J connectivity index is 1.75. The number of nitrogens with zero attached hydrogens (tertiary/aromatic N) is 2. The molecule has 1 amide bonds. The molecule has 0 bridgehead atoms. The first-order valence-corrected chi connectivity index (χ1v) is 10.8. The van der Waals surface area contributed by atoms with Crippen LogP contribution < -0.4 is 10.6 Å². The molecule has 26 heavy (non-hydrogen) atoms. The number of aliphatic imine (C=N–C) groups is 1. The van der Waals surface area contributed by atoms with Crippen LogP contribution in [0, 0.1) is 5.92 Å². The third-order valence-corrected chi connectivity index (χ3v) is 6.10. The molecule has 2 N–H and O–H groups in total. The van der Waals surface area contributed by atoms with Crippen molar-refractivity contribution in [1.82, 2.24) is 15.5 Å². The van der Waals surface area contributed by atoms with E-state index in [2.05, 4.69) is 53.2 Å². The molecular weight excluding hydrogens is 344 g/mol. The number of likely N-dealkylation sites (tertiary alicyclic amines) is 1. The number of guanidine groups is 1. The lowest BCUT2D eigenvalue weighted by Gasteiger charge is -2.35. The Labute approximate surface area is 162 Å². The van der Waals surface area contributed by atoms with Gasteiger partial charge in [-0.05, 0) is 54.0 Å². The zero-order valence-corrected chi connectivity index (χ0v) is 17.4. The molecule has 1 fully saturated rings. The van der Waals surface area contributed by atoms with E-state index >= 15 is 0 Å². The van der Waals surface area contributed by atoms with Gasteiger partial charge in [0, 0.05) is 38.6 Å². The van der Waals surface area contributed by atoms with E-state index in [0.29, 0.717) is 17.9 Å². The van der Waals surface area contributed by atoms with Crippen molar-refractivity contribution in [3.05, 3.63) is 22.4 Å². The van der Waals surface area contributed by atoms with Crippen LogP contribution in [0.4, 0.5) is 0 Å². The number of amides is 1. The fourth-order valence-electron chi connectivity index (χ4n) is 3.45. The molecule has 1 unspecified atom stereocenters. The van der Waals surface area contributed by atoms with Crippen LogP contribution in [-0.4, -0.2) is 49.5 Å². The minimum Gasteiger partial charge on any atom is -0.356 e. The molecule has 5 nitrogen and oxygen atoms in total. The van der Waals surface area contributed by atoms with Crippen molar-refractivity contribution in [1.29, 1.82) is 0 Å². The molecule has 1 aromatic heterocycles. The van der Waals surface area contributed by atoms with E-state index in [9.17, 15) is 4.79 Å².